The number of hydrogen-bond acceptors (Lipinski definition) is 4. The molecule has 0 radical (unpaired) electrons. The monoisotopic (exact) mass is 365 g/mol. The highest BCUT2D eigenvalue weighted by Crippen LogP contribution is 2.34. The van der Waals surface area contributed by atoms with E-state index in [9.17, 15) is 4.79 Å². The van der Waals surface area contributed by atoms with Crippen LogP contribution in [0.15, 0.2) is 30.3 Å². The van der Waals surface area contributed by atoms with E-state index >= 15 is 0 Å². The molecule has 142 valence electrons. The summed E-state index contributed by atoms with van der Waals surface area (Å²) in [5.74, 6) is -0.253. The number of esters is 1. The molecule has 27 heavy (non-hydrogen) atoms. The van der Waals surface area contributed by atoms with Gasteiger partial charge in [-0.25, -0.2) is 4.68 Å². The van der Waals surface area contributed by atoms with Gasteiger partial charge in [0, 0.05) is 12.5 Å². The number of carbonyl (C=O) groups excluding carboxylic acids is 1. The van der Waals surface area contributed by atoms with Crippen LogP contribution >= 0.6 is 0 Å². The number of rotatable bonds is 6. The van der Waals surface area contributed by atoms with E-state index in [-0.39, 0.29) is 11.9 Å². The number of carbonyl (C=O) groups is 1. The van der Waals surface area contributed by atoms with Crippen molar-refractivity contribution in [3.8, 4) is 0 Å². The summed E-state index contributed by atoms with van der Waals surface area (Å²) in [6.45, 7) is 11.3. The second-order valence-corrected chi connectivity index (χ2v) is 6.96. The van der Waals surface area contributed by atoms with Crippen molar-refractivity contribution in [1.29, 1.82) is 0 Å². The molecule has 0 aliphatic rings. The van der Waals surface area contributed by atoms with Gasteiger partial charge in [-0.2, -0.15) is 0 Å². The maximum atomic E-state index is 12.3. The van der Waals surface area contributed by atoms with Gasteiger partial charge in [0.1, 0.15) is 5.52 Å². The second-order valence-electron chi connectivity index (χ2n) is 6.96. The van der Waals surface area contributed by atoms with Gasteiger partial charge in [-0.15, -0.1) is 5.10 Å². The fraction of sp³-hybridized carbons (Fsp3) is 0.409. The highest BCUT2D eigenvalue weighted by atomic mass is 16.5. The standard InChI is InChI=1S/C22H27N3O2/c1-6-25-20-11-10-18(16(5)22(20)23-24-25)19(13-21(26)27-7-2)17-9-8-14(3)15(4)12-17/h8-12,19H,6-7,13H2,1-5H3. The molecule has 1 atom stereocenters. The first-order valence-corrected chi connectivity index (χ1v) is 9.51. The minimum absolute atomic E-state index is 0.0699. The minimum Gasteiger partial charge on any atom is -0.466 e. The van der Waals surface area contributed by atoms with Crippen LogP contribution in [0.3, 0.4) is 0 Å². The number of ether oxygens (including phenoxy) is 1. The maximum absolute atomic E-state index is 12.3. The first-order chi connectivity index (χ1) is 13.0. The third kappa shape index (κ3) is 3.72. The van der Waals surface area contributed by atoms with Crippen LogP contribution in [0.2, 0.25) is 0 Å². The first-order valence-electron chi connectivity index (χ1n) is 9.51. The Morgan fingerprint density at radius 3 is 2.56 bits per heavy atom. The zero-order valence-corrected chi connectivity index (χ0v) is 16.7. The predicted molar refractivity (Wildman–Crippen MR) is 107 cm³/mol. The van der Waals surface area contributed by atoms with Crippen LogP contribution in [-0.4, -0.2) is 27.6 Å². The van der Waals surface area contributed by atoms with Crippen molar-refractivity contribution in [3.63, 3.8) is 0 Å². The molecule has 1 unspecified atom stereocenters. The summed E-state index contributed by atoms with van der Waals surface area (Å²) in [7, 11) is 0. The van der Waals surface area contributed by atoms with Gasteiger partial charge in [0.25, 0.3) is 0 Å². The zero-order valence-electron chi connectivity index (χ0n) is 16.7. The number of fused-ring (bicyclic) bond motifs is 1. The van der Waals surface area contributed by atoms with Gasteiger partial charge in [-0.1, -0.05) is 29.5 Å². The average molecular weight is 365 g/mol. The Bertz CT molecular complexity index is 975. The van der Waals surface area contributed by atoms with E-state index in [4.69, 9.17) is 4.74 Å². The third-order valence-corrected chi connectivity index (χ3v) is 5.27. The maximum Gasteiger partial charge on any atom is 0.306 e. The van der Waals surface area contributed by atoms with E-state index in [1.165, 1.54) is 11.1 Å². The zero-order chi connectivity index (χ0) is 19.6. The van der Waals surface area contributed by atoms with Gasteiger partial charge in [0.15, 0.2) is 0 Å². The van der Waals surface area contributed by atoms with Crippen molar-refractivity contribution in [1.82, 2.24) is 15.0 Å². The molecule has 1 aromatic heterocycles. The Labute approximate surface area is 160 Å². The molecule has 5 nitrogen and oxygen atoms in total. The van der Waals surface area contributed by atoms with Crippen molar-refractivity contribution in [2.75, 3.05) is 6.61 Å². The van der Waals surface area contributed by atoms with Crippen molar-refractivity contribution >= 4 is 17.0 Å². The highest BCUT2D eigenvalue weighted by Gasteiger charge is 2.23. The Balaban J connectivity index is 2.11. The minimum atomic E-state index is -0.183. The van der Waals surface area contributed by atoms with Crippen LogP contribution in [0.5, 0.6) is 0 Å². The molecule has 0 fully saturated rings. The normalized spacial score (nSPS) is 12.3. The van der Waals surface area contributed by atoms with Gasteiger partial charge < -0.3 is 4.74 Å². The molecule has 2 aromatic carbocycles. The molecule has 5 heteroatoms. The van der Waals surface area contributed by atoms with E-state index in [0.29, 0.717) is 13.0 Å². The first kappa shape index (κ1) is 19.1. The number of benzene rings is 2. The molecule has 0 N–H and O–H groups in total. The van der Waals surface area contributed by atoms with E-state index in [1.54, 1.807) is 0 Å². The molecule has 3 aromatic rings. The smallest absolute Gasteiger partial charge is 0.306 e. The topological polar surface area (TPSA) is 57.0 Å². The molecule has 0 saturated heterocycles. The lowest BCUT2D eigenvalue weighted by Crippen LogP contribution is -2.13. The van der Waals surface area contributed by atoms with E-state index < -0.39 is 0 Å². The van der Waals surface area contributed by atoms with Gasteiger partial charge >= 0.3 is 5.97 Å². The summed E-state index contributed by atoms with van der Waals surface area (Å²) in [4.78, 5) is 12.3. The Hall–Kier alpha value is -2.69. The molecular formula is C22H27N3O2. The summed E-state index contributed by atoms with van der Waals surface area (Å²) in [6, 6.07) is 10.6. The molecule has 0 spiro atoms. The van der Waals surface area contributed by atoms with Gasteiger partial charge in [0.05, 0.1) is 18.5 Å². The number of aromatic nitrogens is 3. The van der Waals surface area contributed by atoms with Crippen LogP contribution in [0, 0.1) is 20.8 Å². The molecule has 1 heterocycles. The van der Waals surface area contributed by atoms with Crippen LogP contribution in [0.25, 0.3) is 11.0 Å². The second kappa shape index (κ2) is 7.91. The number of nitrogens with zero attached hydrogens (tertiary/aromatic N) is 3. The predicted octanol–water partition coefficient (Wildman–Crippen LogP) is 4.46. The number of aryl methyl sites for hydroxylation is 4. The lowest BCUT2D eigenvalue weighted by Gasteiger charge is -2.20. The van der Waals surface area contributed by atoms with Crippen LogP contribution in [0.1, 0.15) is 54.0 Å². The number of hydrogen-bond donors (Lipinski definition) is 0. The summed E-state index contributed by atoms with van der Waals surface area (Å²) >= 11 is 0. The Morgan fingerprint density at radius 1 is 1.11 bits per heavy atom. The van der Waals surface area contributed by atoms with Crippen molar-refractivity contribution in [2.24, 2.45) is 0 Å². The summed E-state index contributed by atoms with van der Waals surface area (Å²) in [5, 5.41) is 8.61. The lowest BCUT2D eigenvalue weighted by atomic mass is 9.84. The fourth-order valence-corrected chi connectivity index (χ4v) is 3.57. The molecule has 0 saturated carbocycles. The highest BCUT2D eigenvalue weighted by molar-refractivity contribution is 5.80. The molecule has 0 bridgehead atoms. The van der Waals surface area contributed by atoms with Gasteiger partial charge in [0.2, 0.25) is 0 Å². The molecule has 3 rings (SSSR count). The van der Waals surface area contributed by atoms with E-state index in [2.05, 4.69) is 68.3 Å². The largest absolute Gasteiger partial charge is 0.466 e. The van der Waals surface area contributed by atoms with E-state index in [1.807, 2.05) is 11.6 Å². The molecule has 0 aliphatic carbocycles. The lowest BCUT2D eigenvalue weighted by molar-refractivity contribution is -0.143. The van der Waals surface area contributed by atoms with Crippen LogP contribution in [0.4, 0.5) is 0 Å². The Kier molecular flexibility index (Phi) is 5.59. The molecule has 0 amide bonds. The summed E-state index contributed by atoms with van der Waals surface area (Å²) in [6.07, 6.45) is 0.310. The Morgan fingerprint density at radius 2 is 1.89 bits per heavy atom. The average Bonchev–Trinajstić information content (AvgIpc) is 3.07. The molecule has 0 aliphatic heterocycles. The van der Waals surface area contributed by atoms with Gasteiger partial charge in [-0.05, 0) is 68.5 Å². The van der Waals surface area contributed by atoms with Gasteiger partial charge in [-0.3, -0.25) is 4.79 Å². The SMILES string of the molecule is CCOC(=O)CC(c1ccc(C)c(C)c1)c1ccc2c(nnn2CC)c1C. The van der Waals surface area contributed by atoms with Crippen molar-refractivity contribution in [3.05, 3.63) is 58.1 Å². The fourth-order valence-electron chi connectivity index (χ4n) is 3.57. The van der Waals surface area contributed by atoms with Crippen molar-refractivity contribution in [2.45, 2.75) is 53.5 Å². The third-order valence-electron chi connectivity index (χ3n) is 5.27. The van der Waals surface area contributed by atoms with Crippen LogP contribution < -0.4 is 0 Å². The molecular weight excluding hydrogens is 338 g/mol. The van der Waals surface area contributed by atoms with E-state index in [0.717, 1.165) is 34.3 Å². The van der Waals surface area contributed by atoms with Crippen molar-refractivity contribution < 1.29 is 9.53 Å². The quantitative estimate of drug-likeness (QED) is 0.605. The summed E-state index contributed by atoms with van der Waals surface area (Å²) < 4.78 is 7.14. The van der Waals surface area contributed by atoms with Crippen LogP contribution in [-0.2, 0) is 16.1 Å². The summed E-state index contributed by atoms with van der Waals surface area (Å²) in [5.41, 5.74) is 7.67.